The van der Waals surface area contributed by atoms with Crippen molar-refractivity contribution in [2.75, 3.05) is 31.9 Å². The zero-order valence-corrected chi connectivity index (χ0v) is 20.4. The Bertz CT molecular complexity index is 1280. The predicted molar refractivity (Wildman–Crippen MR) is 136 cm³/mol. The van der Waals surface area contributed by atoms with Crippen LogP contribution in [0.2, 0.25) is 0 Å². The van der Waals surface area contributed by atoms with E-state index in [0.29, 0.717) is 13.1 Å². The number of fused-ring (bicyclic) bond motifs is 1. The smallest absolute Gasteiger partial charge is 0.331 e. The zero-order chi connectivity index (χ0) is 25.5. The Morgan fingerprint density at radius 1 is 1.09 bits per heavy atom. The molecule has 8 nitrogen and oxygen atoms in total. The van der Waals surface area contributed by atoms with Crippen LogP contribution in [-0.2, 0) is 19.6 Å². The van der Waals surface area contributed by atoms with E-state index in [0.717, 1.165) is 24.0 Å². The Hall–Kier alpha value is -3.27. The highest BCUT2D eigenvalue weighted by molar-refractivity contribution is 7.89. The van der Waals surface area contributed by atoms with Crippen LogP contribution in [0.4, 0.5) is 0 Å². The lowest BCUT2D eigenvalue weighted by Gasteiger charge is -2.26. The molecule has 9 heteroatoms. The van der Waals surface area contributed by atoms with Crippen LogP contribution in [0.15, 0.2) is 72.3 Å². The molecular formula is C26H30N2O6S. The van der Waals surface area contributed by atoms with E-state index in [2.05, 4.69) is 29.6 Å². The standard InChI is InChI=1S/C17H20N2O2S.C9H10O4/c20-22(21,19-11-9-18-10-12-19)13-3-4-15-7-8-16-5-1-2-6-17(16)14-15;1-9(8(12)13)4-2-3-6(5-9)7(10)11/h1-8,14,18H,9-13H2;2-4H,5H2,1H3,(H,10,11)(H,12,13). The summed E-state index contributed by atoms with van der Waals surface area (Å²) in [5.41, 5.74) is 0.0734. The van der Waals surface area contributed by atoms with Gasteiger partial charge >= 0.3 is 11.9 Å². The molecule has 2 aliphatic rings. The summed E-state index contributed by atoms with van der Waals surface area (Å²) in [6, 6.07) is 14.3. The van der Waals surface area contributed by atoms with E-state index >= 15 is 0 Å². The molecule has 0 radical (unpaired) electrons. The first-order chi connectivity index (χ1) is 16.6. The summed E-state index contributed by atoms with van der Waals surface area (Å²) < 4.78 is 26.0. The van der Waals surface area contributed by atoms with Crippen molar-refractivity contribution in [1.82, 2.24) is 9.62 Å². The minimum atomic E-state index is -3.19. The lowest BCUT2D eigenvalue weighted by Crippen LogP contribution is -2.46. The van der Waals surface area contributed by atoms with E-state index in [4.69, 9.17) is 10.2 Å². The lowest BCUT2D eigenvalue weighted by molar-refractivity contribution is -0.145. The third-order valence-electron chi connectivity index (χ3n) is 5.94. The van der Waals surface area contributed by atoms with Crippen LogP contribution in [0.5, 0.6) is 0 Å². The average molecular weight is 499 g/mol. The highest BCUT2D eigenvalue weighted by atomic mass is 32.2. The van der Waals surface area contributed by atoms with Gasteiger partial charge in [-0.25, -0.2) is 13.2 Å². The van der Waals surface area contributed by atoms with Crippen molar-refractivity contribution in [2.24, 2.45) is 5.41 Å². The van der Waals surface area contributed by atoms with Gasteiger partial charge in [-0.3, -0.25) is 4.79 Å². The van der Waals surface area contributed by atoms with Crippen LogP contribution in [0, 0.1) is 5.41 Å². The first-order valence-electron chi connectivity index (χ1n) is 11.3. The number of piperazine rings is 1. The van der Waals surface area contributed by atoms with Gasteiger partial charge in [0.05, 0.1) is 11.2 Å². The summed E-state index contributed by atoms with van der Waals surface area (Å²) >= 11 is 0. The summed E-state index contributed by atoms with van der Waals surface area (Å²) in [7, 11) is -3.19. The first kappa shape index (κ1) is 26.3. The lowest BCUT2D eigenvalue weighted by atomic mass is 9.80. The topological polar surface area (TPSA) is 124 Å². The minimum Gasteiger partial charge on any atom is -0.481 e. The van der Waals surface area contributed by atoms with E-state index in [-0.39, 0.29) is 17.7 Å². The maximum atomic E-state index is 12.2. The predicted octanol–water partition coefficient (Wildman–Crippen LogP) is 3.14. The van der Waals surface area contributed by atoms with Gasteiger partial charge in [0.25, 0.3) is 0 Å². The fraction of sp³-hybridized carbons (Fsp3) is 0.308. The fourth-order valence-corrected chi connectivity index (χ4v) is 5.12. The van der Waals surface area contributed by atoms with Gasteiger partial charge in [-0.05, 0) is 35.7 Å². The molecule has 1 saturated heterocycles. The monoisotopic (exact) mass is 498 g/mol. The summed E-state index contributed by atoms with van der Waals surface area (Å²) in [4.78, 5) is 21.3. The van der Waals surface area contributed by atoms with Crippen LogP contribution in [0.25, 0.3) is 16.8 Å². The second kappa shape index (κ2) is 11.4. The second-order valence-corrected chi connectivity index (χ2v) is 10.7. The number of nitrogens with one attached hydrogen (secondary N) is 1. The number of sulfonamides is 1. The highest BCUT2D eigenvalue weighted by Crippen LogP contribution is 2.31. The number of rotatable bonds is 6. The molecule has 3 N–H and O–H groups in total. The van der Waals surface area contributed by atoms with Crippen molar-refractivity contribution in [3.63, 3.8) is 0 Å². The Kier molecular flexibility index (Phi) is 8.61. The highest BCUT2D eigenvalue weighted by Gasteiger charge is 2.34. The van der Waals surface area contributed by atoms with Crippen molar-refractivity contribution in [2.45, 2.75) is 13.3 Å². The molecule has 0 spiro atoms. The number of hydrogen-bond donors (Lipinski definition) is 3. The largest absolute Gasteiger partial charge is 0.481 e. The molecule has 4 rings (SSSR count). The van der Waals surface area contributed by atoms with Gasteiger partial charge in [-0.1, -0.05) is 66.8 Å². The number of carboxylic acids is 2. The molecule has 0 bridgehead atoms. The van der Waals surface area contributed by atoms with Gasteiger partial charge in [0.15, 0.2) is 0 Å². The Balaban J connectivity index is 0.000000225. The van der Waals surface area contributed by atoms with Gasteiger partial charge < -0.3 is 15.5 Å². The van der Waals surface area contributed by atoms with Crippen molar-refractivity contribution < 1.29 is 28.2 Å². The van der Waals surface area contributed by atoms with Crippen LogP contribution in [-0.4, -0.2) is 66.8 Å². The van der Waals surface area contributed by atoms with E-state index in [1.165, 1.54) is 30.5 Å². The fourth-order valence-electron chi connectivity index (χ4n) is 3.83. The van der Waals surface area contributed by atoms with Gasteiger partial charge in [0, 0.05) is 31.8 Å². The number of carbonyl (C=O) groups is 2. The summed E-state index contributed by atoms with van der Waals surface area (Å²) in [6.07, 6.45) is 8.05. The number of aliphatic carboxylic acids is 2. The molecule has 1 atom stereocenters. The van der Waals surface area contributed by atoms with E-state index in [1.807, 2.05) is 24.3 Å². The second-order valence-electron chi connectivity index (χ2n) is 8.69. The third kappa shape index (κ3) is 7.11. The van der Waals surface area contributed by atoms with E-state index in [9.17, 15) is 18.0 Å². The molecule has 0 aromatic heterocycles. The molecule has 35 heavy (non-hydrogen) atoms. The number of nitrogens with zero attached hydrogens (tertiary/aromatic N) is 1. The van der Waals surface area contributed by atoms with E-state index in [1.54, 1.807) is 10.4 Å². The SMILES string of the molecule is CC1(C(=O)O)C=CC=C(C(=O)O)C1.O=S(=O)(CC=Cc1ccc2ccccc2c1)N1CCNCC1. The third-order valence-corrected chi connectivity index (χ3v) is 7.71. The molecule has 1 heterocycles. The molecular weight excluding hydrogens is 468 g/mol. The molecule has 1 aliphatic carbocycles. The molecule has 1 fully saturated rings. The van der Waals surface area contributed by atoms with Gasteiger partial charge in [0.2, 0.25) is 10.0 Å². The van der Waals surface area contributed by atoms with Crippen LogP contribution >= 0.6 is 0 Å². The van der Waals surface area contributed by atoms with Gasteiger partial charge in [-0.2, -0.15) is 4.31 Å². The molecule has 2 aromatic rings. The molecule has 1 unspecified atom stereocenters. The van der Waals surface area contributed by atoms with Crippen molar-refractivity contribution in [3.05, 3.63) is 77.9 Å². The van der Waals surface area contributed by atoms with Crippen molar-refractivity contribution in [3.8, 4) is 0 Å². The molecule has 1 aliphatic heterocycles. The van der Waals surface area contributed by atoms with Gasteiger partial charge in [0.1, 0.15) is 0 Å². The number of hydrogen-bond acceptors (Lipinski definition) is 5. The summed E-state index contributed by atoms with van der Waals surface area (Å²) in [5, 5.41) is 23.0. The molecule has 0 amide bonds. The van der Waals surface area contributed by atoms with Crippen LogP contribution < -0.4 is 5.32 Å². The Labute approximate surface area is 205 Å². The number of carboxylic acid groups (broad SMARTS) is 2. The van der Waals surface area contributed by atoms with Crippen molar-refractivity contribution >= 4 is 38.8 Å². The molecule has 186 valence electrons. The first-order valence-corrected chi connectivity index (χ1v) is 12.9. The Morgan fingerprint density at radius 3 is 2.43 bits per heavy atom. The zero-order valence-electron chi connectivity index (χ0n) is 19.6. The van der Waals surface area contributed by atoms with Gasteiger partial charge in [-0.15, -0.1) is 0 Å². The van der Waals surface area contributed by atoms with Crippen LogP contribution in [0.3, 0.4) is 0 Å². The maximum absolute atomic E-state index is 12.2. The van der Waals surface area contributed by atoms with E-state index < -0.39 is 27.4 Å². The normalized spacial score (nSPS) is 20.8. The molecule has 2 aromatic carbocycles. The Morgan fingerprint density at radius 2 is 1.77 bits per heavy atom. The van der Waals surface area contributed by atoms with Crippen molar-refractivity contribution in [1.29, 1.82) is 0 Å². The number of benzene rings is 2. The van der Waals surface area contributed by atoms with Crippen LogP contribution in [0.1, 0.15) is 18.9 Å². The average Bonchev–Trinajstić information content (AvgIpc) is 2.85. The number of allylic oxidation sites excluding steroid dienone is 2. The minimum absolute atomic E-state index is 0.0359. The quantitative estimate of drug-likeness (QED) is 0.559. The summed E-state index contributed by atoms with van der Waals surface area (Å²) in [6.45, 7) is 4.08. The summed E-state index contributed by atoms with van der Waals surface area (Å²) in [5.74, 6) is -2.01. The molecule has 0 saturated carbocycles. The maximum Gasteiger partial charge on any atom is 0.331 e.